The maximum atomic E-state index is 6.21. The van der Waals surface area contributed by atoms with Crippen LogP contribution >= 0.6 is 34.8 Å². The Morgan fingerprint density at radius 1 is 0.960 bits per heavy atom. The third kappa shape index (κ3) is 4.66. The summed E-state index contributed by atoms with van der Waals surface area (Å²) in [6.45, 7) is 0. The van der Waals surface area contributed by atoms with Crippen LogP contribution in [-0.2, 0) is 0 Å². The molecule has 0 radical (unpaired) electrons. The van der Waals surface area contributed by atoms with E-state index in [4.69, 9.17) is 44.3 Å². The summed E-state index contributed by atoms with van der Waals surface area (Å²) >= 11 is 18.2. The van der Waals surface area contributed by atoms with Crippen molar-refractivity contribution in [1.82, 2.24) is 9.97 Å². The first-order valence-electron chi connectivity index (χ1n) is 7.11. The van der Waals surface area contributed by atoms with Gasteiger partial charge in [-0.15, -0.1) is 0 Å². The molecule has 0 spiro atoms. The number of aromatic nitrogens is 2. The molecule has 0 saturated heterocycles. The number of benzene rings is 2. The average Bonchev–Trinajstić information content (AvgIpc) is 2.57. The third-order valence-corrected chi connectivity index (χ3v) is 3.84. The summed E-state index contributed by atoms with van der Waals surface area (Å²) in [5.74, 6) is 1.76. The van der Waals surface area contributed by atoms with Gasteiger partial charge in [0, 0.05) is 34.1 Å². The molecule has 0 unspecified atom stereocenters. The molecule has 0 saturated carbocycles. The summed E-state index contributed by atoms with van der Waals surface area (Å²) in [5, 5.41) is 4.44. The Hall–Kier alpha value is -2.21. The van der Waals surface area contributed by atoms with E-state index < -0.39 is 0 Å². The number of hydrogen-bond acceptors (Lipinski definition) is 5. The first kappa shape index (κ1) is 17.6. The number of rotatable bonds is 5. The molecule has 3 aromatic rings. The van der Waals surface area contributed by atoms with Gasteiger partial charge < -0.3 is 14.8 Å². The minimum atomic E-state index is 0.387. The van der Waals surface area contributed by atoms with E-state index in [1.165, 1.54) is 7.11 Å². The van der Waals surface area contributed by atoms with E-state index >= 15 is 0 Å². The summed E-state index contributed by atoms with van der Waals surface area (Å²) in [6.07, 6.45) is 1.59. The van der Waals surface area contributed by atoms with Gasteiger partial charge in [0.05, 0.1) is 12.1 Å². The Morgan fingerprint density at radius 3 is 2.44 bits per heavy atom. The molecule has 2 aromatic carbocycles. The molecule has 0 bridgehead atoms. The molecule has 0 atom stereocenters. The van der Waals surface area contributed by atoms with Gasteiger partial charge in [-0.1, -0.05) is 34.8 Å². The Balaban J connectivity index is 1.84. The van der Waals surface area contributed by atoms with E-state index in [0.717, 1.165) is 0 Å². The van der Waals surface area contributed by atoms with E-state index in [1.54, 1.807) is 48.7 Å². The van der Waals surface area contributed by atoms with Gasteiger partial charge >= 0.3 is 0 Å². The number of ether oxygens (including phenoxy) is 2. The zero-order valence-electron chi connectivity index (χ0n) is 13.0. The van der Waals surface area contributed by atoms with E-state index in [0.29, 0.717) is 44.1 Å². The summed E-state index contributed by atoms with van der Waals surface area (Å²) < 4.78 is 10.9. The molecule has 5 nitrogen and oxygen atoms in total. The lowest BCUT2D eigenvalue weighted by Gasteiger charge is -2.11. The normalized spacial score (nSPS) is 10.4. The largest absolute Gasteiger partial charge is 0.481 e. The number of hydrogen-bond donors (Lipinski definition) is 1. The van der Waals surface area contributed by atoms with Gasteiger partial charge in [0.2, 0.25) is 11.8 Å². The van der Waals surface area contributed by atoms with E-state index in [9.17, 15) is 0 Å². The van der Waals surface area contributed by atoms with Crippen LogP contribution in [0.5, 0.6) is 17.4 Å². The molecule has 1 aromatic heterocycles. The quantitative estimate of drug-likeness (QED) is 0.575. The highest BCUT2D eigenvalue weighted by atomic mass is 35.5. The number of nitrogens with zero attached hydrogens (tertiary/aromatic N) is 2. The van der Waals surface area contributed by atoms with Crippen molar-refractivity contribution in [3.63, 3.8) is 0 Å². The van der Waals surface area contributed by atoms with Crippen LogP contribution in [0.25, 0.3) is 0 Å². The second-order valence-electron chi connectivity index (χ2n) is 4.90. The fourth-order valence-electron chi connectivity index (χ4n) is 2.02. The van der Waals surface area contributed by atoms with Gasteiger partial charge in [0.25, 0.3) is 0 Å². The Kier molecular flexibility index (Phi) is 5.48. The molecule has 0 aliphatic carbocycles. The van der Waals surface area contributed by atoms with E-state index in [1.807, 2.05) is 0 Å². The Labute approximate surface area is 159 Å². The van der Waals surface area contributed by atoms with Crippen LogP contribution in [0.15, 0.2) is 48.7 Å². The molecule has 1 N–H and O–H groups in total. The second kappa shape index (κ2) is 7.78. The average molecular weight is 397 g/mol. The molecule has 3 rings (SSSR count). The van der Waals surface area contributed by atoms with Crippen molar-refractivity contribution in [2.24, 2.45) is 0 Å². The number of halogens is 3. The van der Waals surface area contributed by atoms with Crippen LogP contribution in [0, 0.1) is 0 Å². The molecule has 128 valence electrons. The lowest BCUT2D eigenvalue weighted by molar-refractivity contribution is 0.397. The fourth-order valence-corrected chi connectivity index (χ4v) is 2.68. The maximum Gasteiger partial charge on any atom is 0.230 e. The number of anilines is 2. The lowest BCUT2D eigenvalue weighted by Crippen LogP contribution is -1.98. The van der Waals surface area contributed by atoms with Crippen molar-refractivity contribution in [2.45, 2.75) is 0 Å². The molecule has 8 heteroatoms. The second-order valence-corrected chi connectivity index (χ2v) is 6.18. The molecule has 0 aliphatic rings. The fraction of sp³-hybridized carbons (Fsp3) is 0.0588. The zero-order valence-corrected chi connectivity index (χ0v) is 15.2. The summed E-state index contributed by atoms with van der Waals surface area (Å²) in [4.78, 5) is 8.32. The molecule has 0 fully saturated rings. The number of methoxy groups -OCH3 is 1. The highest BCUT2D eigenvalue weighted by molar-refractivity contribution is 6.35. The first-order chi connectivity index (χ1) is 12.0. The highest BCUT2D eigenvalue weighted by Gasteiger charge is 2.08. The van der Waals surface area contributed by atoms with Crippen molar-refractivity contribution in [3.8, 4) is 17.4 Å². The van der Waals surface area contributed by atoms with Gasteiger partial charge in [-0.3, -0.25) is 0 Å². The Morgan fingerprint density at radius 2 is 1.72 bits per heavy atom. The molecule has 25 heavy (non-hydrogen) atoms. The summed E-state index contributed by atoms with van der Waals surface area (Å²) in [5.41, 5.74) is 0.695. The first-order valence-corrected chi connectivity index (χ1v) is 8.24. The van der Waals surface area contributed by atoms with Gasteiger partial charge in [-0.05, 0) is 30.3 Å². The Bertz CT molecular complexity index is 886. The predicted octanol–water partition coefficient (Wildman–Crippen LogP) is 5.98. The lowest BCUT2D eigenvalue weighted by atomic mass is 10.3. The van der Waals surface area contributed by atoms with Crippen molar-refractivity contribution in [1.29, 1.82) is 0 Å². The van der Waals surface area contributed by atoms with Crippen LogP contribution in [-0.4, -0.2) is 17.1 Å². The van der Waals surface area contributed by atoms with Crippen molar-refractivity contribution >= 4 is 46.4 Å². The van der Waals surface area contributed by atoms with Gasteiger partial charge in [0.1, 0.15) is 11.5 Å². The molecule has 0 aliphatic heterocycles. The van der Waals surface area contributed by atoms with Crippen LogP contribution in [0.3, 0.4) is 0 Å². The third-order valence-electron chi connectivity index (χ3n) is 3.09. The summed E-state index contributed by atoms with van der Waals surface area (Å²) in [7, 11) is 1.54. The van der Waals surface area contributed by atoms with Gasteiger partial charge in [0.15, 0.2) is 0 Å². The predicted molar refractivity (Wildman–Crippen MR) is 99.9 cm³/mol. The monoisotopic (exact) mass is 395 g/mol. The standard InChI is InChI=1S/C17H12Cl3N3O2/c1-24-16-4-5-21-17(23-16)22-12-2-3-14(20)15(9-12)25-13-7-10(18)6-11(19)8-13/h2-9H,1H3,(H,21,22,23). The molecular weight excluding hydrogens is 385 g/mol. The van der Waals surface area contributed by atoms with Crippen LogP contribution in [0.4, 0.5) is 11.6 Å². The minimum absolute atomic E-state index is 0.387. The SMILES string of the molecule is COc1ccnc(Nc2ccc(Cl)c(Oc3cc(Cl)cc(Cl)c3)c2)n1. The van der Waals surface area contributed by atoms with Gasteiger partial charge in [-0.25, -0.2) is 4.98 Å². The van der Waals surface area contributed by atoms with Crippen molar-refractivity contribution < 1.29 is 9.47 Å². The topological polar surface area (TPSA) is 56.3 Å². The van der Waals surface area contributed by atoms with Crippen molar-refractivity contribution in [3.05, 3.63) is 63.7 Å². The van der Waals surface area contributed by atoms with E-state index in [2.05, 4.69) is 15.3 Å². The maximum absolute atomic E-state index is 6.21. The molecule has 1 heterocycles. The van der Waals surface area contributed by atoms with E-state index in [-0.39, 0.29) is 0 Å². The highest BCUT2D eigenvalue weighted by Crippen LogP contribution is 2.34. The van der Waals surface area contributed by atoms with Crippen LogP contribution in [0.1, 0.15) is 0 Å². The van der Waals surface area contributed by atoms with Crippen LogP contribution < -0.4 is 14.8 Å². The molecule has 0 amide bonds. The summed E-state index contributed by atoms with van der Waals surface area (Å²) in [6, 6.07) is 11.8. The van der Waals surface area contributed by atoms with Crippen molar-refractivity contribution in [2.75, 3.05) is 12.4 Å². The number of nitrogens with one attached hydrogen (secondary N) is 1. The molecular formula is C17H12Cl3N3O2. The smallest absolute Gasteiger partial charge is 0.230 e. The minimum Gasteiger partial charge on any atom is -0.481 e. The zero-order chi connectivity index (χ0) is 17.8. The van der Waals surface area contributed by atoms with Gasteiger partial charge in [-0.2, -0.15) is 4.98 Å². The van der Waals surface area contributed by atoms with Crippen LogP contribution in [0.2, 0.25) is 15.1 Å².